The summed E-state index contributed by atoms with van der Waals surface area (Å²) in [6, 6.07) is 0. The van der Waals surface area contributed by atoms with Gasteiger partial charge >= 0.3 is 5.97 Å². The lowest BCUT2D eigenvalue weighted by atomic mass is 10.2. The van der Waals surface area contributed by atoms with Crippen molar-refractivity contribution in [3.63, 3.8) is 0 Å². The zero-order chi connectivity index (χ0) is 16.8. The Bertz CT molecular complexity index is 314. The van der Waals surface area contributed by atoms with Gasteiger partial charge in [-0.05, 0) is 33.1 Å². The van der Waals surface area contributed by atoms with Crippen LogP contribution in [0.4, 0.5) is 0 Å². The standard InChI is InChI=1S/C16H30O6/c1-13(16(19)20)7-8-15(18)12-22-10-6-4-3-5-9-21-11-14(2)17/h7,14-15,17-18H,3-6,8-12H2,1-2H3,(H,19,20). The van der Waals surface area contributed by atoms with Crippen LogP contribution in [0.15, 0.2) is 11.6 Å². The summed E-state index contributed by atoms with van der Waals surface area (Å²) in [5, 5.41) is 27.3. The molecule has 0 heterocycles. The van der Waals surface area contributed by atoms with Crippen molar-refractivity contribution in [3.05, 3.63) is 11.6 Å². The number of rotatable bonds is 14. The van der Waals surface area contributed by atoms with Gasteiger partial charge in [0.1, 0.15) is 0 Å². The van der Waals surface area contributed by atoms with E-state index >= 15 is 0 Å². The normalized spacial score (nSPS) is 14.8. The number of hydrogen-bond acceptors (Lipinski definition) is 5. The first kappa shape index (κ1) is 21.0. The van der Waals surface area contributed by atoms with E-state index < -0.39 is 18.2 Å². The van der Waals surface area contributed by atoms with Gasteiger partial charge in [0, 0.05) is 18.8 Å². The Morgan fingerprint density at radius 2 is 1.59 bits per heavy atom. The molecule has 0 rings (SSSR count). The van der Waals surface area contributed by atoms with Gasteiger partial charge in [-0.15, -0.1) is 0 Å². The summed E-state index contributed by atoms with van der Waals surface area (Å²) < 4.78 is 10.6. The second kappa shape index (κ2) is 13.7. The first-order valence-corrected chi connectivity index (χ1v) is 7.85. The molecule has 0 aliphatic carbocycles. The molecule has 0 aromatic carbocycles. The van der Waals surface area contributed by atoms with Crippen LogP contribution in [-0.2, 0) is 14.3 Å². The molecule has 0 saturated heterocycles. The van der Waals surface area contributed by atoms with Crippen LogP contribution in [0.1, 0.15) is 46.0 Å². The molecule has 0 amide bonds. The van der Waals surface area contributed by atoms with Gasteiger partial charge < -0.3 is 24.8 Å². The molecular formula is C16H30O6. The highest BCUT2D eigenvalue weighted by molar-refractivity contribution is 5.85. The van der Waals surface area contributed by atoms with Crippen LogP contribution in [0.2, 0.25) is 0 Å². The fraction of sp³-hybridized carbons (Fsp3) is 0.812. The minimum absolute atomic E-state index is 0.223. The Balaban J connectivity index is 3.35. The molecule has 0 spiro atoms. The lowest BCUT2D eigenvalue weighted by Crippen LogP contribution is -2.15. The van der Waals surface area contributed by atoms with Crippen molar-refractivity contribution in [2.75, 3.05) is 26.4 Å². The first-order valence-electron chi connectivity index (χ1n) is 7.85. The zero-order valence-electron chi connectivity index (χ0n) is 13.7. The molecule has 6 heteroatoms. The Labute approximate surface area is 132 Å². The highest BCUT2D eigenvalue weighted by atomic mass is 16.5. The van der Waals surface area contributed by atoms with E-state index in [4.69, 9.17) is 19.7 Å². The Hall–Kier alpha value is -0.950. The van der Waals surface area contributed by atoms with Crippen LogP contribution < -0.4 is 0 Å². The summed E-state index contributed by atoms with van der Waals surface area (Å²) in [7, 11) is 0. The van der Waals surface area contributed by atoms with Gasteiger partial charge in [0.25, 0.3) is 0 Å². The molecule has 22 heavy (non-hydrogen) atoms. The van der Waals surface area contributed by atoms with E-state index in [2.05, 4.69) is 0 Å². The molecule has 2 atom stereocenters. The van der Waals surface area contributed by atoms with Gasteiger partial charge in [-0.3, -0.25) is 0 Å². The van der Waals surface area contributed by atoms with Crippen molar-refractivity contribution in [1.29, 1.82) is 0 Å². The largest absolute Gasteiger partial charge is 0.478 e. The number of carboxylic acid groups (broad SMARTS) is 1. The van der Waals surface area contributed by atoms with Crippen LogP contribution in [0.5, 0.6) is 0 Å². The minimum atomic E-state index is -0.967. The van der Waals surface area contributed by atoms with E-state index in [0.29, 0.717) is 26.2 Å². The van der Waals surface area contributed by atoms with E-state index in [0.717, 1.165) is 25.7 Å². The van der Waals surface area contributed by atoms with Crippen LogP contribution in [0.25, 0.3) is 0 Å². The first-order chi connectivity index (χ1) is 10.4. The maximum absolute atomic E-state index is 10.6. The lowest BCUT2D eigenvalue weighted by Gasteiger charge is -2.09. The molecule has 0 bridgehead atoms. The van der Waals surface area contributed by atoms with E-state index in [-0.39, 0.29) is 12.2 Å². The fourth-order valence-electron chi connectivity index (χ4n) is 1.70. The second-order valence-corrected chi connectivity index (χ2v) is 5.49. The molecule has 130 valence electrons. The van der Waals surface area contributed by atoms with Crippen LogP contribution in [0, 0.1) is 0 Å². The summed E-state index contributed by atoms with van der Waals surface area (Å²) in [4.78, 5) is 10.6. The SMILES string of the molecule is CC(=CCC(O)COCCCCCCOCC(C)O)C(=O)O. The minimum Gasteiger partial charge on any atom is -0.478 e. The van der Waals surface area contributed by atoms with Crippen molar-refractivity contribution >= 4 is 5.97 Å². The molecule has 0 aliphatic heterocycles. The number of carbonyl (C=O) groups is 1. The third kappa shape index (κ3) is 14.0. The molecule has 0 aliphatic rings. The summed E-state index contributed by atoms with van der Waals surface area (Å²) in [5.41, 5.74) is 0.233. The molecule has 6 nitrogen and oxygen atoms in total. The van der Waals surface area contributed by atoms with E-state index in [1.54, 1.807) is 6.92 Å². The van der Waals surface area contributed by atoms with E-state index in [1.807, 2.05) is 0 Å². The Kier molecular flexibility index (Phi) is 13.1. The fourth-order valence-corrected chi connectivity index (χ4v) is 1.70. The molecule has 0 aromatic rings. The zero-order valence-corrected chi connectivity index (χ0v) is 13.7. The Morgan fingerprint density at radius 3 is 2.09 bits per heavy atom. The van der Waals surface area contributed by atoms with Crippen LogP contribution in [-0.4, -0.2) is 59.9 Å². The van der Waals surface area contributed by atoms with Gasteiger partial charge in [-0.2, -0.15) is 0 Å². The summed E-state index contributed by atoms with van der Waals surface area (Å²) >= 11 is 0. The number of ether oxygens (including phenoxy) is 2. The lowest BCUT2D eigenvalue weighted by molar-refractivity contribution is -0.132. The number of unbranched alkanes of at least 4 members (excludes halogenated alkanes) is 3. The highest BCUT2D eigenvalue weighted by Crippen LogP contribution is 2.03. The average Bonchev–Trinajstić information content (AvgIpc) is 2.46. The summed E-state index contributed by atoms with van der Waals surface area (Å²) in [6.45, 7) is 5.07. The quantitative estimate of drug-likeness (QED) is 0.333. The maximum Gasteiger partial charge on any atom is 0.330 e. The van der Waals surface area contributed by atoms with Gasteiger partial charge in [0.05, 0.1) is 25.4 Å². The number of hydrogen-bond donors (Lipinski definition) is 3. The highest BCUT2D eigenvalue weighted by Gasteiger charge is 2.05. The molecule has 0 saturated carbocycles. The number of carboxylic acids is 1. The van der Waals surface area contributed by atoms with Gasteiger partial charge in [-0.1, -0.05) is 18.9 Å². The smallest absolute Gasteiger partial charge is 0.330 e. The van der Waals surface area contributed by atoms with Crippen molar-refractivity contribution in [2.45, 2.75) is 58.2 Å². The van der Waals surface area contributed by atoms with E-state index in [9.17, 15) is 9.90 Å². The van der Waals surface area contributed by atoms with Crippen molar-refractivity contribution < 1.29 is 29.6 Å². The third-order valence-corrected chi connectivity index (χ3v) is 3.03. The number of aliphatic hydroxyl groups is 2. The number of aliphatic hydroxyl groups excluding tert-OH is 2. The average molecular weight is 318 g/mol. The predicted octanol–water partition coefficient (Wildman–Crippen LogP) is 1.74. The second-order valence-electron chi connectivity index (χ2n) is 5.49. The van der Waals surface area contributed by atoms with Crippen molar-refractivity contribution in [1.82, 2.24) is 0 Å². The molecule has 0 aromatic heterocycles. The van der Waals surface area contributed by atoms with Crippen LogP contribution >= 0.6 is 0 Å². The van der Waals surface area contributed by atoms with Crippen LogP contribution in [0.3, 0.4) is 0 Å². The summed E-state index contributed by atoms with van der Waals surface area (Å²) in [6.07, 6.45) is 4.69. The van der Waals surface area contributed by atoms with Crippen molar-refractivity contribution in [3.8, 4) is 0 Å². The van der Waals surface area contributed by atoms with Gasteiger partial charge in [-0.25, -0.2) is 4.79 Å². The topological polar surface area (TPSA) is 96.2 Å². The monoisotopic (exact) mass is 318 g/mol. The molecule has 3 N–H and O–H groups in total. The molecule has 2 unspecified atom stereocenters. The van der Waals surface area contributed by atoms with Crippen molar-refractivity contribution in [2.24, 2.45) is 0 Å². The summed E-state index contributed by atoms with van der Waals surface area (Å²) in [5.74, 6) is -0.967. The maximum atomic E-state index is 10.6. The van der Waals surface area contributed by atoms with E-state index in [1.165, 1.54) is 13.0 Å². The Morgan fingerprint density at radius 1 is 1.05 bits per heavy atom. The molecule has 0 radical (unpaired) electrons. The van der Waals surface area contributed by atoms with Gasteiger partial charge in [0.2, 0.25) is 0 Å². The van der Waals surface area contributed by atoms with Gasteiger partial charge in [0.15, 0.2) is 0 Å². The predicted molar refractivity (Wildman–Crippen MR) is 83.8 cm³/mol. The molecular weight excluding hydrogens is 288 g/mol. The number of aliphatic carboxylic acids is 1. The molecule has 0 fully saturated rings. The third-order valence-electron chi connectivity index (χ3n) is 3.03.